The van der Waals surface area contributed by atoms with E-state index in [2.05, 4.69) is 10.2 Å². The molecule has 2 N–H and O–H groups in total. The van der Waals surface area contributed by atoms with Crippen molar-refractivity contribution in [2.75, 3.05) is 26.2 Å². The smallest absolute Gasteiger partial charge is 0.251 e. The van der Waals surface area contributed by atoms with Gasteiger partial charge in [-0.25, -0.2) is 0 Å². The first-order chi connectivity index (χ1) is 12.7. The van der Waals surface area contributed by atoms with E-state index in [-0.39, 0.29) is 17.2 Å². The van der Waals surface area contributed by atoms with E-state index in [0.717, 1.165) is 30.8 Å². The van der Waals surface area contributed by atoms with E-state index in [9.17, 15) is 14.7 Å². The number of carbonyl (C=O) groups excluding carboxylic acids is 2. The van der Waals surface area contributed by atoms with Gasteiger partial charge in [0, 0.05) is 18.7 Å². The second kappa shape index (κ2) is 8.63. The third kappa shape index (κ3) is 4.49. The van der Waals surface area contributed by atoms with Crippen LogP contribution in [0.5, 0.6) is 5.75 Å². The Kier molecular flexibility index (Phi) is 6.02. The first-order valence-electron chi connectivity index (χ1n) is 9.06. The normalized spacial score (nSPS) is 14.8. The third-order valence-corrected chi connectivity index (χ3v) is 4.77. The summed E-state index contributed by atoms with van der Waals surface area (Å²) in [6, 6.07) is 12.1. The molecule has 0 atom stereocenters. The number of nitrogens with one attached hydrogen (secondary N) is 1. The van der Waals surface area contributed by atoms with Gasteiger partial charge in [-0.05, 0) is 61.3 Å². The molecule has 5 heteroatoms. The molecule has 0 bridgehead atoms. The SMILES string of the molecule is O=Cc1cc(-c2cccc(C(=O)NCCN3CCCCC3)c2)ccc1O. The molecule has 2 aromatic carbocycles. The van der Waals surface area contributed by atoms with Gasteiger partial charge in [0.15, 0.2) is 6.29 Å². The standard InChI is InChI=1S/C21H24N2O3/c24-15-19-14-17(7-8-20(19)25)16-5-4-6-18(13-16)21(26)22-9-12-23-10-2-1-3-11-23/h4-8,13-15,25H,1-3,9-12H2,(H,22,26). The Labute approximate surface area is 153 Å². The maximum atomic E-state index is 12.4. The molecule has 1 aliphatic rings. The fourth-order valence-corrected chi connectivity index (χ4v) is 3.28. The van der Waals surface area contributed by atoms with Crippen LogP contribution in [0.15, 0.2) is 42.5 Å². The second-order valence-corrected chi connectivity index (χ2v) is 6.63. The van der Waals surface area contributed by atoms with Gasteiger partial charge < -0.3 is 15.3 Å². The summed E-state index contributed by atoms with van der Waals surface area (Å²) in [6.07, 6.45) is 4.41. The second-order valence-electron chi connectivity index (χ2n) is 6.63. The molecule has 136 valence electrons. The molecular formula is C21H24N2O3. The summed E-state index contributed by atoms with van der Waals surface area (Å²) in [6.45, 7) is 3.75. The largest absolute Gasteiger partial charge is 0.507 e. The zero-order valence-electron chi connectivity index (χ0n) is 14.8. The lowest BCUT2D eigenvalue weighted by atomic mass is 10.0. The number of nitrogens with zero attached hydrogens (tertiary/aromatic N) is 1. The van der Waals surface area contributed by atoms with Crippen LogP contribution in [-0.4, -0.2) is 48.4 Å². The maximum Gasteiger partial charge on any atom is 0.251 e. The highest BCUT2D eigenvalue weighted by Crippen LogP contribution is 2.25. The molecule has 1 saturated heterocycles. The summed E-state index contributed by atoms with van der Waals surface area (Å²) in [7, 11) is 0. The topological polar surface area (TPSA) is 69.6 Å². The lowest BCUT2D eigenvalue weighted by molar-refractivity contribution is 0.0946. The summed E-state index contributed by atoms with van der Waals surface area (Å²) in [4.78, 5) is 25.8. The Bertz CT molecular complexity index is 783. The van der Waals surface area contributed by atoms with E-state index in [1.807, 2.05) is 12.1 Å². The minimum atomic E-state index is -0.0988. The minimum Gasteiger partial charge on any atom is -0.507 e. The van der Waals surface area contributed by atoms with Crippen molar-refractivity contribution >= 4 is 12.2 Å². The maximum absolute atomic E-state index is 12.4. The van der Waals surface area contributed by atoms with Crippen molar-refractivity contribution in [3.8, 4) is 16.9 Å². The Morgan fingerprint density at radius 3 is 2.62 bits per heavy atom. The van der Waals surface area contributed by atoms with Crippen LogP contribution in [-0.2, 0) is 0 Å². The monoisotopic (exact) mass is 352 g/mol. The summed E-state index contributed by atoms with van der Waals surface area (Å²) in [5.74, 6) is -0.145. The highest BCUT2D eigenvalue weighted by Gasteiger charge is 2.11. The van der Waals surface area contributed by atoms with Gasteiger partial charge in [-0.2, -0.15) is 0 Å². The molecular weight excluding hydrogens is 328 g/mol. The average Bonchev–Trinajstić information content (AvgIpc) is 2.69. The van der Waals surface area contributed by atoms with Crippen molar-refractivity contribution in [2.24, 2.45) is 0 Å². The predicted molar refractivity (Wildman–Crippen MR) is 102 cm³/mol. The van der Waals surface area contributed by atoms with Crippen molar-refractivity contribution in [2.45, 2.75) is 19.3 Å². The highest BCUT2D eigenvalue weighted by atomic mass is 16.3. The minimum absolute atomic E-state index is 0.0460. The van der Waals surface area contributed by atoms with Crippen molar-refractivity contribution in [3.63, 3.8) is 0 Å². The summed E-state index contributed by atoms with van der Waals surface area (Å²) in [5, 5.41) is 12.6. The molecule has 0 aliphatic carbocycles. The zero-order valence-corrected chi connectivity index (χ0v) is 14.8. The van der Waals surface area contributed by atoms with E-state index in [1.54, 1.807) is 24.3 Å². The first kappa shape index (κ1) is 18.1. The number of hydrogen-bond donors (Lipinski definition) is 2. The lowest BCUT2D eigenvalue weighted by Gasteiger charge is -2.26. The summed E-state index contributed by atoms with van der Waals surface area (Å²) in [5.41, 5.74) is 2.44. The summed E-state index contributed by atoms with van der Waals surface area (Å²) < 4.78 is 0. The van der Waals surface area contributed by atoms with Gasteiger partial charge in [-0.15, -0.1) is 0 Å². The fourth-order valence-electron chi connectivity index (χ4n) is 3.28. The highest BCUT2D eigenvalue weighted by molar-refractivity contribution is 5.95. The lowest BCUT2D eigenvalue weighted by Crippen LogP contribution is -2.37. The van der Waals surface area contributed by atoms with Crippen molar-refractivity contribution < 1.29 is 14.7 Å². The zero-order chi connectivity index (χ0) is 18.4. The van der Waals surface area contributed by atoms with Crippen LogP contribution < -0.4 is 5.32 Å². The molecule has 0 spiro atoms. The molecule has 1 fully saturated rings. The Morgan fingerprint density at radius 2 is 1.85 bits per heavy atom. The molecule has 0 saturated carbocycles. The molecule has 1 amide bonds. The number of rotatable bonds is 6. The quantitative estimate of drug-likeness (QED) is 0.784. The van der Waals surface area contributed by atoms with Gasteiger partial charge in [-0.1, -0.05) is 24.6 Å². The molecule has 26 heavy (non-hydrogen) atoms. The van der Waals surface area contributed by atoms with Crippen molar-refractivity contribution in [3.05, 3.63) is 53.6 Å². The van der Waals surface area contributed by atoms with E-state index in [1.165, 1.54) is 25.3 Å². The Balaban J connectivity index is 1.64. The number of likely N-dealkylation sites (tertiary alicyclic amines) is 1. The Hall–Kier alpha value is -2.66. The molecule has 1 heterocycles. The molecule has 3 rings (SSSR count). The van der Waals surface area contributed by atoms with Crippen LogP contribution in [0.3, 0.4) is 0 Å². The number of benzene rings is 2. The molecule has 0 aromatic heterocycles. The van der Waals surface area contributed by atoms with Gasteiger partial charge in [-0.3, -0.25) is 9.59 Å². The number of phenolic OH excluding ortho intramolecular Hbond substituents is 1. The molecule has 1 aliphatic heterocycles. The summed E-state index contributed by atoms with van der Waals surface area (Å²) >= 11 is 0. The molecule has 2 aromatic rings. The number of aldehydes is 1. The van der Waals surface area contributed by atoms with Crippen LogP contribution in [0, 0.1) is 0 Å². The van der Waals surface area contributed by atoms with Crippen LogP contribution in [0.4, 0.5) is 0 Å². The Morgan fingerprint density at radius 1 is 1.08 bits per heavy atom. The first-order valence-corrected chi connectivity index (χ1v) is 9.06. The van der Waals surface area contributed by atoms with Gasteiger partial charge in [0.1, 0.15) is 5.75 Å². The number of aromatic hydroxyl groups is 1. The molecule has 0 radical (unpaired) electrons. The van der Waals surface area contributed by atoms with Gasteiger partial charge in [0.2, 0.25) is 0 Å². The van der Waals surface area contributed by atoms with Crippen LogP contribution >= 0.6 is 0 Å². The average molecular weight is 352 g/mol. The van der Waals surface area contributed by atoms with E-state index in [0.29, 0.717) is 18.4 Å². The number of hydrogen-bond acceptors (Lipinski definition) is 4. The van der Waals surface area contributed by atoms with E-state index in [4.69, 9.17) is 0 Å². The van der Waals surface area contributed by atoms with Gasteiger partial charge in [0.25, 0.3) is 5.91 Å². The van der Waals surface area contributed by atoms with Gasteiger partial charge in [0.05, 0.1) is 5.56 Å². The number of carbonyl (C=O) groups is 2. The van der Waals surface area contributed by atoms with Gasteiger partial charge >= 0.3 is 0 Å². The fraction of sp³-hybridized carbons (Fsp3) is 0.333. The molecule has 0 unspecified atom stereocenters. The van der Waals surface area contributed by atoms with E-state index >= 15 is 0 Å². The number of phenols is 1. The van der Waals surface area contributed by atoms with Crippen molar-refractivity contribution in [1.29, 1.82) is 0 Å². The molecule has 5 nitrogen and oxygen atoms in total. The van der Waals surface area contributed by atoms with Crippen LogP contribution in [0.2, 0.25) is 0 Å². The van der Waals surface area contributed by atoms with E-state index < -0.39 is 0 Å². The van der Waals surface area contributed by atoms with Crippen LogP contribution in [0.25, 0.3) is 11.1 Å². The number of amides is 1. The number of piperidine rings is 1. The predicted octanol–water partition coefficient (Wildman–Crippen LogP) is 3.09. The van der Waals surface area contributed by atoms with Crippen LogP contribution in [0.1, 0.15) is 40.0 Å². The third-order valence-electron chi connectivity index (χ3n) is 4.77. The van der Waals surface area contributed by atoms with Crippen molar-refractivity contribution in [1.82, 2.24) is 10.2 Å².